The minimum Gasteiger partial charge on any atom is -0.456 e. The Morgan fingerprint density at radius 2 is 0.731 bits per heavy atom. The molecule has 0 saturated carbocycles. The number of nitrogens with zero attached hydrogens (tertiary/aromatic N) is 1. The first-order valence-corrected chi connectivity index (χ1v) is 17.9. The van der Waals surface area contributed by atoms with Gasteiger partial charge in [-0.15, -0.1) is 0 Å². The van der Waals surface area contributed by atoms with Gasteiger partial charge in [0.2, 0.25) is 0 Å². The van der Waals surface area contributed by atoms with Crippen molar-refractivity contribution in [3.8, 4) is 0 Å². The number of hydrogen-bond donors (Lipinski definition) is 0. The molecule has 0 spiro atoms. The second-order valence-corrected chi connectivity index (χ2v) is 14.1. The highest BCUT2D eigenvalue weighted by molar-refractivity contribution is 6.37. The number of anilines is 3. The minimum atomic E-state index is 0.891. The maximum atomic E-state index is 6.29. The summed E-state index contributed by atoms with van der Waals surface area (Å²) in [5, 5.41) is 20.0. The molecule has 0 bridgehead atoms. The lowest BCUT2D eigenvalue weighted by Gasteiger charge is -2.27. The molecule has 0 unspecified atom stereocenters. The Morgan fingerprint density at radius 3 is 1.46 bits per heavy atom. The summed E-state index contributed by atoms with van der Waals surface area (Å²) in [4.78, 5) is 2.42. The van der Waals surface area contributed by atoms with Crippen LogP contribution in [0, 0.1) is 0 Å². The van der Waals surface area contributed by atoms with Gasteiger partial charge in [-0.1, -0.05) is 127 Å². The van der Waals surface area contributed by atoms with Crippen molar-refractivity contribution in [3.63, 3.8) is 0 Å². The van der Waals surface area contributed by atoms with Crippen molar-refractivity contribution in [2.45, 2.75) is 0 Å². The van der Waals surface area contributed by atoms with Gasteiger partial charge in [-0.2, -0.15) is 0 Å². The lowest BCUT2D eigenvalue weighted by atomic mass is 9.87. The molecule has 0 atom stereocenters. The average Bonchev–Trinajstić information content (AvgIpc) is 3.57. The first kappa shape index (κ1) is 27.9. The molecule has 12 aromatic rings. The zero-order chi connectivity index (χ0) is 33.9. The zero-order valence-electron chi connectivity index (χ0n) is 28.1. The molecule has 0 fully saturated rings. The molecule has 0 amide bonds. The first-order valence-electron chi connectivity index (χ1n) is 17.9. The van der Waals surface area contributed by atoms with Gasteiger partial charge < -0.3 is 9.32 Å². The van der Waals surface area contributed by atoms with E-state index in [1.54, 1.807) is 0 Å². The van der Waals surface area contributed by atoms with Crippen LogP contribution in [0.5, 0.6) is 0 Å². The fraction of sp³-hybridized carbons (Fsp3) is 0. The van der Waals surface area contributed by atoms with E-state index in [0.717, 1.165) is 39.0 Å². The highest BCUT2D eigenvalue weighted by Crippen LogP contribution is 2.47. The minimum absolute atomic E-state index is 0.891. The topological polar surface area (TPSA) is 16.4 Å². The van der Waals surface area contributed by atoms with Crippen LogP contribution in [0.1, 0.15) is 0 Å². The normalized spacial score (nSPS) is 12.2. The van der Waals surface area contributed by atoms with E-state index in [4.69, 9.17) is 4.42 Å². The molecule has 0 saturated heterocycles. The highest BCUT2D eigenvalue weighted by Gasteiger charge is 2.20. The third-order valence-corrected chi connectivity index (χ3v) is 11.3. The van der Waals surface area contributed by atoms with Crippen LogP contribution < -0.4 is 4.90 Å². The summed E-state index contributed by atoms with van der Waals surface area (Å²) in [6, 6.07) is 64.7. The highest BCUT2D eigenvalue weighted by atomic mass is 16.3. The summed E-state index contributed by atoms with van der Waals surface area (Å²) in [6.07, 6.45) is 0. The molecule has 1 heterocycles. The van der Waals surface area contributed by atoms with Gasteiger partial charge in [0.25, 0.3) is 0 Å². The Labute approximate surface area is 298 Å². The summed E-state index contributed by atoms with van der Waals surface area (Å²) >= 11 is 0. The predicted molar refractivity (Wildman–Crippen MR) is 222 cm³/mol. The van der Waals surface area contributed by atoms with Gasteiger partial charge in [-0.3, -0.25) is 0 Å². The van der Waals surface area contributed by atoms with E-state index in [0.29, 0.717) is 0 Å². The third kappa shape index (κ3) is 3.84. The molecule has 0 aliphatic carbocycles. The van der Waals surface area contributed by atoms with Gasteiger partial charge in [-0.25, -0.2) is 0 Å². The van der Waals surface area contributed by atoms with Gasteiger partial charge in [0, 0.05) is 27.8 Å². The molecule has 2 nitrogen and oxygen atoms in total. The number of rotatable bonds is 3. The Morgan fingerprint density at radius 1 is 0.269 bits per heavy atom. The maximum Gasteiger partial charge on any atom is 0.135 e. The smallest absolute Gasteiger partial charge is 0.135 e. The molecule has 0 radical (unpaired) electrons. The van der Waals surface area contributed by atoms with E-state index < -0.39 is 0 Å². The van der Waals surface area contributed by atoms with Gasteiger partial charge in [0.15, 0.2) is 0 Å². The molecule has 12 rings (SSSR count). The summed E-state index contributed by atoms with van der Waals surface area (Å²) in [7, 11) is 0. The average molecular weight is 660 g/mol. The first-order chi connectivity index (χ1) is 25.8. The van der Waals surface area contributed by atoms with E-state index >= 15 is 0 Å². The second kappa shape index (κ2) is 10.3. The molecular weight excluding hydrogens is 631 g/mol. The van der Waals surface area contributed by atoms with Crippen LogP contribution in [0.15, 0.2) is 180 Å². The summed E-state index contributed by atoms with van der Waals surface area (Å²) in [6.45, 7) is 0. The zero-order valence-corrected chi connectivity index (χ0v) is 28.1. The third-order valence-electron chi connectivity index (χ3n) is 11.3. The lowest BCUT2D eigenvalue weighted by Crippen LogP contribution is -2.10. The molecule has 1 aromatic heterocycles. The van der Waals surface area contributed by atoms with Crippen LogP contribution >= 0.6 is 0 Å². The Hall–Kier alpha value is -6.90. The van der Waals surface area contributed by atoms with Crippen molar-refractivity contribution in [2.24, 2.45) is 0 Å². The summed E-state index contributed by atoms with van der Waals surface area (Å²) < 4.78 is 6.29. The summed E-state index contributed by atoms with van der Waals surface area (Å²) in [5.41, 5.74) is 5.09. The van der Waals surface area contributed by atoms with Crippen molar-refractivity contribution in [1.29, 1.82) is 0 Å². The molecule has 0 N–H and O–H groups in total. The van der Waals surface area contributed by atoms with Gasteiger partial charge >= 0.3 is 0 Å². The van der Waals surface area contributed by atoms with Gasteiger partial charge in [0.1, 0.15) is 11.2 Å². The Kier molecular flexibility index (Phi) is 5.53. The van der Waals surface area contributed by atoms with Gasteiger partial charge in [-0.05, 0) is 124 Å². The predicted octanol–water partition coefficient (Wildman–Crippen LogP) is 14.6. The number of benzene rings is 10. The van der Waals surface area contributed by atoms with Crippen LogP contribution in [0.25, 0.3) is 97.3 Å². The SMILES string of the molecule is c1ccc2cc(N(c3ccc4oc5ccccc5c4c3)c3cc4ccc5cccc6c7cccc8ccc9cccc(c(c3)c4c56)c9c87)ccc2c1. The van der Waals surface area contributed by atoms with Crippen molar-refractivity contribution < 1.29 is 4.42 Å². The van der Waals surface area contributed by atoms with Crippen LogP contribution in [-0.2, 0) is 0 Å². The molecule has 240 valence electrons. The molecule has 0 aliphatic rings. The molecule has 2 heteroatoms. The van der Waals surface area contributed by atoms with E-state index in [1.165, 1.54) is 75.4 Å². The van der Waals surface area contributed by atoms with E-state index in [-0.39, 0.29) is 0 Å². The second-order valence-electron chi connectivity index (χ2n) is 14.1. The quantitative estimate of drug-likeness (QED) is 0.176. The number of furan rings is 1. The Bertz CT molecular complexity index is 3420. The standard InChI is InChI=1S/C50H29NO/c1-2-9-34-26-36(23-22-30(34)8-1)51(37-24-25-46-43(28-37)39-13-3-4-17-45(39)52-46)38-27-35-21-20-33-11-6-15-41-40-14-5-10-31-18-19-32-12-7-16-42(49(32)47(31)40)44(29-38)50(35)48(33)41/h1-29H. The fourth-order valence-electron chi connectivity index (χ4n) is 9.01. The molecular formula is C50H29NO. The van der Waals surface area contributed by atoms with Crippen molar-refractivity contribution >= 4 is 114 Å². The molecule has 0 aliphatic heterocycles. The van der Waals surface area contributed by atoms with Crippen molar-refractivity contribution in [1.82, 2.24) is 0 Å². The summed E-state index contributed by atoms with van der Waals surface area (Å²) in [5.74, 6) is 0. The van der Waals surface area contributed by atoms with Crippen molar-refractivity contribution in [2.75, 3.05) is 4.90 Å². The van der Waals surface area contributed by atoms with Crippen LogP contribution in [0.4, 0.5) is 17.1 Å². The monoisotopic (exact) mass is 659 g/mol. The Balaban J connectivity index is 1.26. The fourth-order valence-corrected chi connectivity index (χ4v) is 9.01. The van der Waals surface area contributed by atoms with Crippen molar-refractivity contribution in [3.05, 3.63) is 176 Å². The van der Waals surface area contributed by atoms with E-state index in [9.17, 15) is 0 Å². The van der Waals surface area contributed by atoms with Crippen LogP contribution in [-0.4, -0.2) is 0 Å². The number of fused-ring (bicyclic) bond motifs is 6. The van der Waals surface area contributed by atoms with E-state index in [1.807, 2.05) is 12.1 Å². The lowest BCUT2D eigenvalue weighted by molar-refractivity contribution is 0.669. The van der Waals surface area contributed by atoms with E-state index in [2.05, 4.69) is 169 Å². The maximum absolute atomic E-state index is 6.29. The van der Waals surface area contributed by atoms with Crippen LogP contribution in [0.2, 0.25) is 0 Å². The van der Waals surface area contributed by atoms with Crippen LogP contribution in [0.3, 0.4) is 0 Å². The largest absolute Gasteiger partial charge is 0.456 e. The molecule has 52 heavy (non-hydrogen) atoms. The molecule has 11 aromatic carbocycles. The number of hydrogen-bond acceptors (Lipinski definition) is 2. The number of para-hydroxylation sites is 1. The van der Waals surface area contributed by atoms with Gasteiger partial charge in [0.05, 0.1) is 0 Å².